The molecule has 0 amide bonds. The molecule has 1 fully saturated rings. The van der Waals surface area contributed by atoms with E-state index in [-0.39, 0.29) is 11.7 Å². The second kappa shape index (κ2) is 5.57. The summed E-state index contributed by atoms with van der Waals surface area (Å²) in [5.74, 6) is 0. The molecular formula is C22H18N2O. The maximum Gasteiger partial charge on any atom is 0.147 e. The molecule has 0 radical (unpaired) electrons. The highest BCUT2D eigenvalue weighted by molar-refractivity contribution is 6.13. The van der Waals surface area contributed by atoms with E-state index in [1.165, 1.54) is 16.7 Å². The highest BCUT2D eigenvalue weighted by Gasteiger charge is 2.64. The molecule has 1 spiro atoms. The van der Waals surface area contributed by atoms with Crippen molar-refractivity contribution >= 4 is 11.4 Å². The Labute approximate surface area is 147 Å². The molecule has 2 aliphatic rings. The van der Waals surface area contributed by atoms with Crippen molar-refractivity contribution < 1.29 is 4.74 Å². The lowest BCUT2D eigenvalue weighted by Crippen LogP contribution is -2.23. The number of epoxide rings is 1. The van der Waals surface area contributed by atoms with Crippen LogP contribution in [0.3, 0.4) is 0 Å². The topological polar surface area (TPSA) is 36.9 Å². The molecule has 1 aliphatic carbocycles. The molecule has 1 heterocycles. The maximum absolute atomic E-state index is 6.26. The minimum absolute atomic E-state index is 0.0671. The summed E-state index contributed by atoms with van der Waals surface area (Å²) in [6.45, 7) is 0. The number of hydrogen-bond acceptors (Lipinski definition) is 3. The van der Waals surface area contributed by atoms with Crippen LogP contribution < -0.4 is 5.43 Å². The molecule has 3 heteroatoms. The van der Waals surface area contributed by atoms with Crippen molar-refractivity contribution in [2.24, 2.45) is 5.10 Å². The Balaban J connectivity index is 1.53. The van der Waals surface area contributed by atoms with E-state index in [0.29, 0.717) is 0 Å². The van der Waals surface area contributed by atoms with E-state index in [0.717, 1.165) is 17.8 Å². The summed E-state index contributed by atoms with van der Waals surface area (Å²) in [4.78, 5) is 0. The monoisotopic (exact) mass is 326 g/mol. The maximum atomic E-state index is 6.26. The number of hydrogen-bond donors (Lipinski definition) is 1. The number of nitrogens with zero attached hydrogens (tertiary/aromatic N) is 1. The zero-order chi connectivity index (χ0) is 16.7. The van der Waals surface area contributed by atoms with Crippen LogP contribution >= 0.6 is 0 Å². The number of benzene rings is 3. The predicted molar refractivity (Wildman–Crippen MR) is 99.7 cm³/mol. The van der Waals surface area contributed by atoms with Gasteiger partial charge in [0.05, 0.1) is 5.69 Å². The van der Waals surface area contributed by atoms with E-state index < -0.39 is 0 Å². The van der Waals surface area contributed by atoms with Crippen LogP contribution in [0.4, 0.5) is 5.69 Å². The molecule has 3 aromatic rings. The van der Waals surface area contributed by atoms with E-state index in [1.807, 2.05) is 36.4 Å². The Kier molecular flexibility index (Phi) is 3.22. The zero-order valence-electron chi connectivity index (χ0n) is 13.7. The van der Waals surface area contributed by atoms with E-state index in [2.05, 4.69) is 54.0 Å². The Bertz CT molecular complexity index is 937. The molecule has 5 rings (SSSR count). The van der Waals surface area contributed by atoms with Gasteiger partial charge in [0.2, 0.25) is 0 Å². The number of nitrogens with one attached hydrogen (secondary N) is 1. The minimum atomic E-state index is -0.340. The molecule has 3 nitrogen and oxygen atoms in total. The molecule has 2 atom stereocenters. The second-order valence-electron chi connectivity index (χ2n) is 6.57. The number of para-hydroxylation sites is 1. The molecular weight excluding hydrogens is 308 g/mol. The van der Waals surface area contributed by atoms with Crippen molar-refractivity contribution in [1.82, 2.24) is 0 Å². The van der Waals surface area contributed by atoms with Crippen LogP contribution in [0.25, 0.3) is 0 Å². The van der Waals surface area contributed by atoms with Crippen LogP contribution in [0.5, 0.6) is 0 Å². The SMILES string of the molecule is c1ccc(N/N=C2\c3ccccc3CC23OC3c2ccccc2)cc1. The molecule has 122 valence electrons. The normalized spacial score (nSPS) is 25.1. The van der Waals surface area contributed by atoms with Gasteiger partial charge in [-0.1, -0.05) is 72.8 Å². The molecule has 25 heavy (non-hydrogen) atoms. The lowest BCUT2D eigenvalue weighted by atomic mass is 9.95. The Morgan fingerprint density at radius 1 is 0.840 bits per heavy atom. The highest BCUT2D eigenvalue weighted by Crippen LogP contribution is 2.57. The fourth-order valence-electron chi connectivity index (χ4n) is 3.74. The van der Waals surface area contributed by atoms with Gasteiger partial charge in [-0.25, -0.2) is 0 Å². The van der Waals surface area contributed by atoms with Crippen LogP contribution in [0.15, 0.2) is 90.0 Å². The van der Waals surface area contributed by atoms with Gasteiger partial charge < -0.3 is 4.74 Å². The summed E-state index contributed by atoms with van der Waals surface area (Å²) in [7, 11) is 0. The Morgan fingerprint density at radius 2 is 1.52 bits per heavy atom. The number of rotatable bonds is 3. The van der Waals surface area contributed by atoms with Crippen molar-refractivity contribution in [2.45, 2.75) is 18.1 Å². The van der Waals surface area contributed by atoms with Gasteiger partial charge in [-0.15, -0.1) is 0 Å². The fourth-order valence-corrected chi connectivity index (χ4v) is 3.74. The van der Waals surface area contributed by atoms with E-state index in [9.17, 15) is 0 Å². The third-order valence-corrected chi connectivity index (χ3v) is 4.99. The van der Waals surface area contributed by atoms with Gasteiger partial charge in [0.15, 0.2) is 0 Å². The number of hydrazone groups is 1. The van der Waals surface area contributed by atoms with Gasteiger partial charge in [0.1, 0.15) is 17.4 Å². The first-order chi connectivity index (χ1) is 12.4. The first kappa shape index (κ1) is 14.4. The summed E-state index contributed by atoms with van der Waals surface area (Å²) in [6, 6.07) is 28.9. The zero-order valence-corrected chi connectivity index (χ0v) is 13.7. The highest BCUT2D eigenvalue weighted by atomic mass is 16.6. The molecule has 3 aromatic carbocycles. The van der Waals surface area contributed by atoms with Gasteiger partial charge in [0, 0.05) is 12.0 Å². The van der Waals surface area contributed by atoms with Crippen molar-refractivity contribution in [1.29, 1.82) is 0 Å². The predicted octanol–water partition coefficient (Wildman–Crippen LogP) is 4.57. The van der Waals surface area contributed by atoms with Gasteiger partial charge in [-0.3, -0.25) is 5.43 Å². The summed E-state index contributed by atoms with van der Waals surface area (Å²) in [6.07, 6.45) is 0.940. The summed E-state index contributed by atoms with van der Waals surface area (Å²) in [5.41, 5.74) is 8.54. The summed E-state index contributed by atoms with van der Waals surface area (Å²) in [5, 5.41) is 4.77. The van der Waals surface area contributed by atoms with Crippen LogP contribution in [0.2, 0.25) is 0 Å². The van der Waals surface area contributed by atoms with Gasteiger partial charge in [-0.05, 0) is 23.3 Å². The van der Waals surface area contributed by atoms with E-state index >= 15 is 0 Å². The van der Waals surface area contributed by atoms with Gasteiger partial charge in [0.25, 0.3) is 0 Å². The van der Waals surface area contributed by atoms with Crippen molar-refractivity contribution in [2.75, 3.05) is 5.43 Å². The third kappa shape index (κ3) is 2.36. The van der Waals surface area contributed by atoms with E-state index in [4.69, 9.17) is 9.84 Å². The van der Waals surface area contributed by atoms with Gasteiger partial charge >= 0.3 is 0 Å². The lowest BCUT2D eigenvalue weighted by molar-refractivity contribution is 0.346. The molecule has 1 saturated heterocycles. The van der Waals surface area contributed by atoms with Crippen LogP contribution in [0.1, 0.15) is 22.8 Å². The molecule has 1 aliphatic heterocycles. The first-order valence-corrected chi connectivity index (χ1v) is 8.57. The number of ether oxygens (including phenoxy) is 1. The Morgan fingerprint density at radius 3 is 2.32 bits per heavy atom. The third-order valence-electron chi connectivity index (χ3n) is 4.99. The van der Waals surface area contributed by atoms with Crippen LogP contribution in [-0.4, -0.2) is 11.3 Å². The average Bonchev–Trinajstić information content (AvgIpc) is 3.30. The average molecular weight is 326 g/mol. The standard InChI is InChI=1S/C22H18N2O/c1-3-9-16(10-4-1)21-22(25-21)15-17-11-7-8-14-19(17)20(22)24-23-18-12-5-2-6-13-18/h1-14,21,23H,15H2/b24-20+. The smallest absolute Gasteiger partial charge is 0.147 e. The lowest BCUT2D eigenvalue weighted by Gasteiger charge is -2.08. The molecule has 2 unspecified atom stereocenters. The van der Waals surface area contributed by atoms with Gasteiger partial charge in [-0.2, -0.15) is 5.10 Å². The van der Waals surface area contributed by atoms with Crippen molar-refractivity contribution in [3.63, 3.8) is 0 Å². The largest absolute Gasteiger partial charge is 0.354 e. The van der Waals surface area contributed by atoms with Crippen LogP contribution in [0, 0.1) is 0 Å². The Hall–Kier alpha value is -2.91. The van der Waals surface area contributed by atoms with Crippen LogP contribution in [-0.2, 0) is 11.2 Å². The molecule has 0 aromatic heterocycles. The van der Waals surface area contributed by atoms with Crippen molar-refractivity contribution in [3.05, 3.63) is 102 Å². The fraction of sp³-hybridized carbons (Fsp3) is 0.136. The molecule has 0 bridgehead atoms. The summed E-state index contributed by atoms with van der Waals surface area (Å²) < 4.78 is 6.26. The molecule has 0 saturated carbocycles. The number of anilines is 1. The quantitative estimate of drug-likeness (QED) is 0.565. The first-order valence-electron chi connectivity index (χ1n) is 8.57. The number of fused-ring (bicyclic) bond motifs is 1. The van der Waals surface area contributed by atoms with Crippen molar-refractivity contribution in [3.8, 4) is 0 Å². The second-order valence-corrected chi connectivity index (χ2v) is 6.57. The summed E-state index contributed by atoms with van der Waals surface area (Å²) >= 11 is 0. The minimum Gasteiger partial charge on any atom is -0.354 e. The molecule has 1 N–H and O–H groups in total. The van der Waals surface area contributed by atoms with E-state index in [1.54, 1.807) is 0 Å².